The highest BCUT2D eigenvalue weighted by Crippen LogP contribution is 2.27. The van der Waals surface area contributed by atoms with Crippen molar-refractivity contribution in [1.29, 1.82) is 0 Å². The minimum atomic E-state index is -0.255. The van der Waals surface area contributed by atoms with Gasteiger partial charge in [-0.05, 0) is 62.7 Å². The lowest BCUT2D eigenvalue weighted by atomic mass is 10.2. The quantitative estimate of drug-likeness (QED) is 0.483. The summed E-state index contributed by atoms with van der Waals surface area (Å²) in [7, 11) is 1.59. The van der Waals surface area contributed by atoms with Gasteiger partial charge < -0.3 is 14.0 Å². The highest BCUT2D eigenvalue weighted by Gasteiger charge is 2.16. The van der Waals surface area contributed by atoms with E-state index in [9.17, 15) is 4.79 Å². The van der Waals surface area contributed by atoms with Crippen molar-refractivity contribution in [2.75, 3.05) is 13.7 Å². The highest BCUT2D eigenvalue weighted by molar-refractivity contribution is 5.96. The third-order valence-electron chi connectivity index (χ3n) is 4.56. The van der Waals surface area contributed by atoms with Gasteiger partial charge in [-0.1, -0.05) is 18.2 Å². The van der Waals surface area contributed by atoms with Crippen LogP contribution < -0.4 is 14.9 Å². The van der Waals surface area contributed by atoms with Crippen molar-refractivity contribution >= 4 is 12.1 Å². The number of hydrogen-bond donors (Lipinski definition) is 1. The Labute approximate surface area is 170 Å². The first-order valence-corrected chi connectivity index (χ1v) is 9.43. The van der Waals surface area contributed by atoms with Gasteiger partial charge in [0.15, 0.2) is 11.5 Å². The third-order valence-corrected chi connectivity index (χ3v) is 4.56. The molecule has 1 amide bonds. The largest absolute Gasteiger partial charge is 0.493 e. The van der Waals surface area contributed by atoms with E-state index in [1.807, 2.05) is 75.4 Å². The summed E-state index contributed by atoms with van der Waals surface area (Å²) < 4.78 is 12.9. The minimum Gasteiger partial charge on any atom is -0.493 e. The summed E-state index contributed by atoms with van der Waals surface area (Å²) >= 11 is 0. The average Bonchev–Trinajstić information content (AvgIpc) is 3.03. The van der Waals surface area contributed by atoms with Crippen LogP contribution in [0.1, 0.15) is 34.2 Å². The molecule has 0 atom stereocenters. The molecule has 0 spiro atoms. The van der Waals surface area contributed by atoms with Crippen LogP contribution in [0, 0.1) is 13.8 Å². The normalized spacial score (nSPS) is 10.9. The fourth-order valence-electron chi connectivity index (χ4n) is 3.23. The molecule has 0 aliphatic rings. The number of nitrogens with zero attached hydrogens (tertiary/aromatic N) is 2. The summed E-state index contributed by atoms with van der Waals surface area (Å²) in [4.78, 5) is 12.6. The number of hydrogen-bond acceptors (Lipinski definition) is 4. The van der Waals surface area contributed by atoms with Gasteiger partial charge in [0.25, 0.3) is 5.91 Å². The number of para-hydroxylation sites is 1. The molecule has 0 bridgehead atoms. The van der Waals surface area contributed by atoms with Crippen molar-refractivity contribution in [3.05, 3.63) is 77.1 Å². The van der Waals surface area contributed by atoms with Crippen LogP contribution in [0.3, 0.4) is 0 Å². The molecule has 2 aromatic carbocycles. The smallest absolute Gasteiger partial charge is 0.273 e. The van der Waals surface area contributed by atoms with E-state index < -0.39 is 0 Å². The molecular formula is C23H25N3O3. The molecule has 3 rings (SSSR count). The van der Waals surface area contributed by atoms with Gasteiger partial charge in [-0.15, -0.1) is 0 Å². The number of aryl methyl sites for hydroxylation is 1. The second-order valence-corrected chi connectivity index (χ2v) is 6.50. The maximum Gasteiger partial charge on any atom is 0.273 e. The zero-order chi connectivity index (χ0) is 20.8. The Morgan fingerprint density at radius 1 is 1.10 bits per heavy atom. The van der Waals surface area contributed by atoms with E-state index in [0.29, 0.717) is 23.7 Å². The highest BCUT2D eigenvalue weighted by atomic mass is 16.5. The molecule has 0 unspecified atom stereocenters. The number of nitrogens with one attached hydrogen (secondary N) is 1. The van der Waals surface area contributed by atoms with Gasteiger partial charge in [0.2, 0.25) is 0 Å². The number of methoxy groups -OCH3 is 1. The van der Waals surface area contributed by atoms with E-state index in [1.54, 1.807) is 13.3 Å². The zero-order valence-corrected chi connectivity index (χ0v) is 17.1. The molecule has 6 heteroatoms. The van der Waals surface area contributed by atoms with Gasteiger partial charge in [-0.25, -0.2) is 5.43 Å². The number of rotatable bonds is 7. The number of carbonyl (C=O) groups excluding carboxylic acids is 1. The number of benzene rings is 2. The molecule has 0 fully saturated rings. The lowest BCUT2D eigenvalue weighted by Gasteiger charge is -2.09. The van der Waals surface area contributed by atoms with Crippen LogP contribution in [0.25, 0.3) is 5.69 Å². The first kappa shape index (κ1) is 20.2. The van der Waals surface area contributed by atoms with E-state index in [-0.39, 0.29) is 5.91 Å². The monoisotopic (exact) mass is 391 g/mol. The fraction of sp³-hybridized carbons (Fsp3) is 0.217. The standard InChI is InChI=1S/C23H25N3O3/c1-5-29-21-12-11-18(14-22(21)28-4)15-24-25-23(27)20-13-16(2)26(17(20)3)19-9-7-6-8-10-19/h6-15H,5H2,1-4H3,(H,25,27)/b24-15+. The number of carbonyl (C=O) groups is 1. The Balaban J connectivity index is 1.75. The summed E-state index contributed by atoms with van der Waals surface area (Å²) in [5.74, 6) is 1.03. The maximum absolute atomic E-state index is 12.6. The summed E-state index contributed by atoms with van der Waals surface area (Å²) in [6, 6.07) is 17.3. The van der Waals surface area contributed by atoms with Crippen LogP contribution in [0.4, 0.5) is 0 Å². The molecule has 29 heavy (non-hydrogen) atoms. The number of amides is 1. The van der Waals surface area contributed by atoms with Crippen LogP contribution in [0.5, 0.6) is 11.5 Å². The Kier molecular flexibility index (Phi) is 6.34. The van der Waals surface area contributed by atoms with E-state index >= 15 is 0 Å². The molecule has 0 saturated carbocycles. The van der Waals surface area contributed by atoms with Crippen LogP contribution in [0.2, 0.25) is 0 Å². The first-order chi connectivity index (χ1) is 14.0. The third kappa shape index (κ3) is 4.48. The lowest BCUT2D eigenvalue weighted by molar-refractivity contribution is 0.0954. The number of ether oxygens (including phenoxy) is 2. The SMILES string of the molecule is CCOc1ccc(/C=N/NC(=O)c2cc(C)n(-c3ccccc3)c2C)cc1OC. The van der Waals surface area contributed by atoms with Crippen LogP contribution in [0.15, 0.2) is 59.7 Å². The zero-order valence-electron chi connectivity index (χ0n) is 17.1. The topological polar surface area (TPSA) is 64.8 Å². The van der Waals surface area contributed by atoms with Crippen molar-refractivity contribution in [2.24, 2.45) is 5.10 Å². The van der Waals surface area contributed by atoms with E-state index in [4.69, 9.17) is 9.47 Å². The summed E-state index contributed by atoms with van der Waals surface area (Å²) in [6.45, 7) is 6.38. The van der Waals surface area contributed by atoms with Gasteiger partial charge in [0.05, 0.1) is 25.5 Å². The Morgan fingerprint density at radius 2 is 1.86 bits per heavy atom. The summed E-state index contributed by atoms with van der Waals surface area (Å²) in [5.41, 5.74) is 6.86. The summed E-state index contributed by atoms with van der Waals surface area (Å²) in [6.07, 6.45) is 1.58. The maximum atomic E-state index is 12.6. The number of hydrazone groups is 1. The van der Waals surface area contributed by atoms with E-state index in [1.165, 1.54) is 0 Å². The average molecular weight is 391 g/mol. The molecule has 6 nitrogen and oxygen atoms in total. The molecule has 150 valence electrons. The van der Waals surface area contributed by atoms with E-state index in [2.05, 4.69) is 15.1 Å². The van der Waals surface area contributed by atoms with Crippen molar-refractivity contribution in [3.63, 3.8) is 0 Å². The Bertz CT molecular complexity index is 1020. The lowest BCUT2D eigenvalue weighted by Crippen LogP contribution is -2.18. The van der Waals surface area contributed by atoms with Crippen molar-refractivity contribution in [2.45, 2.75) is 20.8 Å². The Morgan fingerprint density at radius 3 is 2.55 bits per heavy atom. The summed E-state index contributed by atoms with van der Waals surface area (Å²) in [5, 5.41) is 4.09. The van der Waals surface area contributed by atoms with Crippen molar-refractivity contribution in [1.82, 2.24) is 9.99 Å². The van der Waals surface area contributed by atoms with Crippen molar-refractivity contribution < 1.29 is 14.3 Å². The van der Waals surface area contributed by atoms with Gasteiger partial charge in [-0.2, -0.15) is 5.10 Å². The molecule has 1 heterocycles. The van der Waals surface area contributed by atoms with Crippen LogP contribution >= 0.6 is 0 Å². The van der Waals surface area contributed by atoms with E-state index in [0.717, 1.165) is 22.6 Å². The van der Waals surface area contributed by atoms with Crippen molar-refractivity contribution in [3.8, 4) is 17.2 Å². The molecule has 0 aliphatic carbocycles. The predicted octanol–water partition coefficient (Wildman–Crippen LogP) is 4.27. The molecule has 1 aromatic heterocycles. The molecule has 0 saturated heterocycles. The second-order valence-electron chi connectivity index (χ2n) is 6.50. The number of aromatic nitrogens is 1. The predicted molar refractivity (Wildman–Crippen MR) is 114 cm³/mol. The molecule has 1 N–H and O–H groups in total. The van der Waals surface area contributed by atoms with Gasteiger partial charge in [0, 0.05) is 17.1 Å². The van der Waals surface area contributed by atoms with Crippen LogP contribution in [-0.2, 0) is 0 Å². The van der Waals surface area contributed by atoms with Gasteiger partial charge >= 0.3 is 0 Å². The van der Waals surface area contributed by atoms with Gasteiger partial charge in [-0.3, -0.25) is 4.79 Å². The molecule has 0 radical (unpaired) electrons. The van der Waals surface area contributed by atoms with Gasteiger partial charge in [0.1, 0.15) is 0 Å². The fourth-order valence-corrected chi connectivity index (χ4v) is 3.23. The molecule has 0 aliphatic heterocycles. The molecular weight excluding hydrogens is 366 g/mol. The van der Waals surface area contributed by atoms with Crippen LogP contribution in [-0.4, -0.2) is 30.4 Å². The molecule has 3 aromatic rings. The minimum absolute atomic E-state index is 0.255. The first-order valence-electron chi connectivity index (χ1n) is 9.43. The second kappa shape index (κ2) is 9.10. The Hall–Kier alpha value is -3.54.